The van der Waals surface area contributed by atoms with Crippen LogP contribution >= 0.6 is 45.8 Å². The first-order chi connectivity index (χ1) is 17.7. The molecule has 0 radical (unpaired) electrons. The largest absolute Gasteiger partial charge is 0.482 e. The first-order valence-corrected chi connectivity index (χ1v) is 14.0. The number of hydrogen-bond acceptors (Lipinski definition) is 5. The van der Waals surface area contributed by atoms with Gasteiger partial charge in [0, 0.05) is 41.5 Å². The molecule has 0 aliphatic heterocycles. The van der Waals surface area contributed by atoms with Crippen molar-refractivity contribution in [2.75, 3.05) is 13.2 Å². The van der Waals surface area contributed by atoms with Gasteiger partial charge in [-0.25, -0.2) is 0 Å². The van der Waals surface area contributed by atoms with Gasteiger partial charge in [0.2, 0.25) is 11.8 Å². The van der Waals surface area contributed by atoms with Gasteiger partial charge in [-0.05, 0) is 64.9 Å². The number of nitrogens with one attached hydrogen (secondary N) is 1. The molecule has 2 amide bonds. The number of aliphatic hydroxyl groups is 2. The van der Waals surface area contributed by atoms with Crippen molar-refractivity contribution in [2.24, 2.45) is 0 Å². The van der Waals surface area contributed by atoms with E-state index in [0.29, 0.717) is 39.8 Å². The summed E-state index contributed by atoms with van der Waals surface area (Å²) in [5.74, 6) is 0.0264. The van der Waals surface area contributed by atoms with E-state index in [1.165, 1.54) is 0 Å². The quantitative estimate of drug-likeness (QED) is 0.303. The monoisotopic (exact) mass is 660 g/mol. The van der Waals surface area contributed by atoms with Crippen LogP contribution in [0.4, 0.5) is 0 Å². The van der Waals surface area contributed by atoms with Crippen molar-refractivity contribution in [1.29, 1.82) is 0 Å². The predicted octanol–water partition coefficient (Wildman–Crippen LogP) is 4.73. The number of carbonyl (C=O) groups excluding carboxylic acids is 2. The summed E-state index contributed by atoms with van der Waals surface area (Å²) in [6.07, 6.45) is 1.54. The summed E-state index contributed by atoms with van der Waals surface area (Å²) >= 11 is 14.6. The molecule has 2 aromatic rings. The molecule has 0 bridgehead atoms. The molecule has 0 saturated carbocycles. The van der Waals surface area contributed by atoms with Crippen molar-refractivity contribution < 1.29 is 24.5 Å². The summed E-state index contributed by atoms with van der Waals surface area (Å²) in [7, 11) is 0. The van der Waals surface area contributed by atoms with Crippen molar-refractivity contribution in [3.63, 3.8) is 0 Å². The molecule has 3 rings (SSSR count). The molecule has 0 fully saturated rings. The van der Waals surface area contributed by atoms with E-state index in [-0.39, 0.29) is 37.9 Å². The Morgan fingerprint density at radius 1 is 1.22 bits per heavy atom. The average Bonchev–Trinajstić information content (AvgIpc) is 2.88. The maximum absolute atomic E-state index is 13.4. The zero-order chi connectivity index (χ0) is 26.9. The normalized spacial score (nSPS) is 19.2. The van der Waals surface area contributed by atoms with Gasteiger partial charge in [-0.2, -0.15) is 0 Å². The number of aliphatic hydroxyl groups excluding tert-OH is 2. The van der Waals surface area contributed by atoms with Crippen LogP contribution in [0.2, 0.25) is 10.0 Å². The molecule has 0 saturated heterocycles. The maximum atomic E-state index is 13.4. The smallest absolute Gasteiger partial charge is 0.247 e. The lowest BCUT2D eigenvalue weighted by Gasteiger charge is -2.41. The fourth-order valence-electron chi connectivity index (χ4n) is 4.16. The highest BCUT2D eigenvalue weighted by Gasteiger charge is 2.40. The molecule has 1 aliphatic carbocycles. The molecule has 0 heterocycles. The topological polar surface area (TPSA) is 99.1 Å². The number of benzene rings is 2. The minimum Gasteiger partial charge on any atom is -0.482 e. The Morgan fingerprint density at radius 3 is 2.65 bits per heavy atom. The minimum atomic E-state index is -1.11. The first kappa shape index (κ1) is 29.7. The lowest BCUT2D eigenvalue weighted by atomic mass is 9.87. The van der Waals surface area contributed by atoms with Gasteiger partial charge >= 0.3 is 0 Å². The van der Waals surface area contributed by atoms with E-state index in [2.05, 4.69) is 27.9 Å². The van der Waals surface area contributed by atoms with E-state index in [0.717, 1.165) is 9.99 Å². The summed E-state index contributed by atoms with van der Waals surface area (Å²) in [5, 5.41) is 24.2. The molecule has 3 unspecified atom stereocenters. The molecule has 37 heavy (non-hydrogen) atoms. The molecule has 1 aliphatic rings. The summed E-state index contributed by atoms with van der Waals surface area (Å²) in [5.41, 5.74) is 1.05. The van der Waals surface area contributed by atoms with Crippen LogP contribution in [0.5, 0.6) is 5.75 Å². The lowest BCUT2D eigenvalue weighted by Crippen LogP contribution is -2.54. The third-order valence-corrected chi connectivity index (χ3v) is 7.61. The highest BCUT2D eigenvalue weighted by molar-refractivity contribution is 14.1. The number of para-hydroxylation sites is 1. The number of ether oxygens (including phenoxy) is 1. The van der Waals surface area contributed by atoms with Gasteiger partial charge in [0.15, 0.2) is 0 Å². The number of amides is 2. The Labute approximate surface area is 240 Å². The molecule has 10 heteroatoms. The van der Waals surface area contributed by atoms with E-state index < -0.39 is 18.2 Å². The second-order valence-corrected chi connectivity index (χ2v) is 10.8. The minimum absolute atomic E-state index is 0.0883. The maximum Gasteiger partial charge on any atom is 0.247 e. The molecule has 2 aromatic carbocycles. The molecule has 7 nitrogen and oxygen atoms in total. The van der Waals surface area contributed by atoms with Crippen molar-refractivity contribution in [2.45, 2.75) is 57.4 Å². The van der Waals surface area contributed by atoms with Crippen molar-refractivity contribution in [1.82, 2.24) is 10.2 Å². The predicted molar refractivity (Wildman–Crippen MR) is 153 cm³/mol. The molecule has 0 spiro atoms. The summed E-state index contributed by atoms with van der Waals surface area (Å²) in [6.45, 7) is 2.02. The third kappa shape index (κ3) is 8.07. The number of hydrogen-bond donors (Lipinski definition) is 3. The average molecular weight is 661 g/mol. The van der Waals surface area contributed by atoms with Crippen molar-refractivity contribution >= 4 is 57.6 Å². The Bertz CT molecular complexity index is 1130. The van der Waals surface area contributed by atoms with E-state index >= 15 is 0 Å². The van der Waals surface area contributed by atoms with Gasteiger partial charge in [0.25, 0.3) is 0 Å². The lowest BCUT2D eigenvalue weighted by molar-refractivity contribution is -0.139. The van der Waals surface area contributed by atoms with Crippen LogP contribution in [-0.4, -0.2) is 58.3 Å². The van der Waals surface area contributed by atoms with E-state index in [9.17, 15) is 14.7 Å². The zero-order valence-corrected chi connectivity index (χ0v) is 24.2. The van der Waals surface area contributed by atoms with Gasteiger partial charge in [0.1, 0.15) is 18.0 Å². The second-order valence-electron chi connectivity index (χ2n) is 8.81. The van der Waals surface area contributed by atoms with Gasteiger partial charge in [-0.1, -0.05) is 54.7 Å². The molecule has 0 aromatic heterocycles. The summed E-state index contributed by atoms with van der Waals surface area (Å²) < 4.78 is 7.01. The molecule has 3 atom stereocenters. The van der Waals surface area contributed by atoms with Crippen LogP contribution in [-0.2, 0) is 16.1 Å². The fraction of sp³-hybridized carbons (Fsp3) is 0.407. The molecular formula is C27H31Cl2IN2O5. The van der Waals surface area contributed by atoms with E-state index in [4.69, 9.17) is 33.0 Å². The van der Waals surface area contributed by atoms with Crippen LogP contribution in [0, 0.1) is 3.57 Å². The van der Waals surface area contributed by atoms with Crippen LogP contribution in [0.1, 0.15) is 38.2 Å². The Kier molecular flexibility index (Phi) is 11.5. The van der Waals surface area contributed by atoms with Gasteiger partial charge < -0.3 is 25.2 Å². The highest BCUT2D eigenvalue weighted by atomic mass is 127. The molecule has 3 N–H and O–H groups in total. The summed E-state index contributed by atoms with van der Waals surface area (Å²) in [4.78, 5) is 28.0. The van der Waals surface area contributed by atoms with Crippen LogP contribution < -0.4 is 10.1 Å². The van der Waals surface area contributed by atoms with Crippen LogP contribution in [0.15, 0.2) is 54.1 Å². The Morgan fingerprint density at radius 2 is 1.97 bits per heavy atom. The van der Waals surface area contributed by atoms with Crippen molar-refractivity contribution in [3.8, 4) is 5.75 Å². The van der Waals surface area contributed by atoms with E-state index in [1.54, 1.807) is 35.2 Å². The molecule has 200 valence electrons. The van der Waals surface area contributed by atoms with Gasteiger partial charge in [-0.3, -0.25) is 9.59 Å². The Balaban J connectivity index is 1.99. The molecular weight excluding hydrogens is 630 g/mol. The zero-order valence-electron chi connectivity index (χ0n) is 20.5. The first-order valence-electron chi connectivity index (χ1n) is 12.2. The highest BCUT2D eigenvalue weighted by Crippen LogP contribution is 2.32. The van der Waals surface area contributed by atoms with Crippen LogP contribution in [0.25, 0.3) is 0 Å². The fourth-order valence-corrected chi connectivity index (χ4v) is 5.14. The van der Waals surface area contributed by atoms with Gasteiger partial charge in [-0.15, -0.1) is 0 Å². The van der Waals surface area contributed by atoms with Crippen LogP contribution in [0.3, 0.4) is 0 Å². The second kappa shape index (κ2) is 14.3. The van der Waals surface area contributed by atoms with E-state index in [1.807, 2.05) is 25.1 Å². The number of carbonyl (C=O) groups is 2. The number of unbranched alkanes of at least 4 members (excludes halogenated alkanes) is 1. The Hall–Kier alpha value is -1.85. The SMILES string of the molecule is CCCCC(=O)N(Cc1ccc(Cl)cc1Cl)C1CC(C(=O)NCCO)=CC(Oc2ccccc2I)C1O. The summed E-state index contributed by atoms with van der Waals surface area (Å²) in [6, 6.07) is 11.7. The van der Waals surface area contributed by atoms with Crippen molar-refractivity contribution in [3.05, 3.63) is 73.3 Å². The third-order valence-electron chi connectivity index (χ3n) is 6.13. The number of rotatable bonds is 11. The number of halogens is 3. The van der Waals surface area contributed by atoms with Gasteiger partial charge in [0.05, 0.1) is 16.2 Å². The number of nitrogens with zero attached hydrogens (tertiary/aromatic N) is 1. The standard InChI is InChI=1S/C27H31Cl2IN2O5/c1-2-3-8-25(34)32(16-17-9-10-19(28)15-20(17)29)22-13-18(27(36)31-11-12-33)14-24(26(22)35)37-23-7-5-4-6-21(23)30/h4-7,9-10,14-15,22,24,26,33,35H,2-3,8,11-13,16H2,1H3,(H,31,36).